The zero-order valence-corrected chi connectivity index (χ0v) is 13.0. The van der Waals surface area contributed by atoms with Gasteiger partial charge in [0.1, 0.15) is 5.82 Å². The van der Waals surface area contributed by atoms with E-state index in [9.17, 15) is 0 Å². The Morgan fingerprint density at radius 2 is 2.30 bits per heavy atom. The lowest BCUT2D eigenvalue weighted by Crippen LogP contribution is -2.37. The van der Waals surface area contributed by atoms with Crippen molar-refractivity contribution in [3.63, 3.8) is 0 Å². The molecule has 1 unspecified atom stereocenters. The van der Waals surface area contributed by atoms with Gasteiger partial charge in [-0.1, -0.05) is 0 Å². The molecule has 0 aromatic carbocycles. The second kappa shape index (κ2) is 5.63. The number of methoxy groups -OCH3 is 1. The minimum atomic E-state index is 0.316. The standard InChI is InChI=1S/C14H20N4OS/c1-10-14-15-6-13(8-19-3)18(14)5-4-17(10)7-12-9-20-11(2)16-12/h6,9-10H,4-5,7-8H2,1-3H3. The second-order valence-electron chi connectivity index (χ2n) is 5.20. The molecule has 3 heterocycles. The molecule has 1 aliphatic heterocycles. The van der Waals surface area contributed by atoms with Crippen LogP contribution in [0.1, 0.15) is 35.2 Å². The van der Waals surface area contributed by atoms with Gasteiger partial charge in [-0.2, -0.15) is 0 Å². The predicted molar refractivity (Wildman–Crippen MR) is 78.6 cm³/mol. The van der Waals surface area contributed by atoms with E-state index in [0.29, 0.717) is 12.6 Å². The van der Waals surface area contributed by atoms with Gasteiger partial charge in [0, 0.05) is 32.1 Å². The number of thiazole rings is 1. The van der Waals surface area contributed by atoms with Crippen LogP contribution < -0.4 is 0 Å². The van der Waals surface area contributed by atoms with Crippen LogP contribution in [0.3, 0.4) is 0 Å². The Bertz CT molecular complexity index is 592. The fraction of sp³-hybridized carbons (Fsp3) is 0.571. The smallest absolute Gasteiger partial charge is 0.126 e. The summed E-state index contributed by atoms with van der Waals surface area (Å²) in [5.41, 5.74) is 2.33. The van der Waals surface area contributed by atoms with Gasteiger partial charge in [0.25, 0.3) is 0 Å². The molecule has 0 amide bonds. The Hall–Kier alpha value is -1.24. The van der Waals surface area contributed by atoms with Crippen molar-refractivity contribution in [3.05, 3.63) is 33.8 Å². The van der Waals surface area contributed by atoms with E-state index in [0.717, 1.165) is 36.2 Å². The van der Waals surface area contributed by atoms with Crippen molar-refractivity contribution in [3.8, 4) is 0 Å². The number of imidazole rings is 1. The monoisotopic (exact) mass is 292 g/mol. The summed E-state index contributed by atoms with van der Waals surface area (Å²) in [5.74, 6) is 1.13. The lowest BCUT2D eigenvalue weighted by atomic mass is 10.2. The Morgan fingerprint density at radius 3 is 3.00 bits per heavy atom. The lowest BCUT2D eigenvalue weighted by molar-refractivity contribution is 0.142. The first-order valence-corrected chi connectivity index (χ1v) is 7.75. The highest BCUT2D eigenvalue weighted by Gasteiger charge is 2.27. The van der Waals surface area contributed by atoms with E-state index in [2.05, 4.69) is 38.7 Å². The Labute approximate surface area is 123 Å². The van der Waals surface area contributed by atoms with Gasteiger partial charge in [0.05, 0.1) is 35.2 Å². The second-order valence-corrected chi connectivity index (χ2v) is 6.26. The fourth-order valence-electron chi connectivity index (χ4n) is 2.77. The van der Waals surface area contributed by atoms with Crippen molar-refractivity contribution < 1.29 is 4.74 Å². The minimum absolute atomic E-state index is 0.316. The molecule has 3 rings (SSSR count). The molecule has 0 aliphatic carbocycles. The maximum atomic E-state index is 5.23. The molecular formula is C14H20N4OS. The molecule has 20 heavy (non-hydrogen) atoms. The number of hydrogen-bond donors (Lipinski definition) is 0. The number of hydrogen-bond acceptors (Lipinski definition) is 5. The van der Waals surface area contributed by atoms with Crippen LogP contribution in [0.15, 0.2) is 11.6 Å². The van der Waals surface area contributed by atoms with E-state index in [4.69, 9.17) is 4.74 Å². The lowest BCUT2D eigenvalue weighted by Gasteiger charge is -2.33. The molecule has 0 saturated carbocycles. The molecule has 108 valence electrons. The Kier molecular flexibility index (Phi) is 3.87. The third-order valence-corrected chi connectivity index (χ3v) is 4.65. The third-order valence-electron chi connectivity index (χ3n) is 3.83. The molecule has 0 N–H and O–H groups in total. The highest BCUT2D eigenvalue weighted by Crippen LogP contribution is 2.27. The zero-order chi connectivity index (χ0) is 14.1. The predicted octanol–water partition coefficient (Wildman–Crippen LogP) is 2.37. The number of aromatic nitrogens is 3. The number of fused-ring (bicyclic) bond motifs is 1. The third kappa shape index (κ3) is 2.51. The highest BCUT2D eigenvalue weighted by molar-refractivity contribution is 7.09. The van der Waals surface area contributed by atoms with Crippen molar-refractivity contribution in [2.24, 2.45) is 0 Å². The maximum Gasteiger partial charge on any atom is 0.126 e. The summed E-state index contributed by atoms with van der Waals surface area (Å²) in [6.07, 6.45) is 1.94. The summed E-state index contributed by atoms with van der Waals surface area (Å²) in [7, 11) is 1.73. The van der Waals surface area contributed by atoms with Gasteiger partial charge in [0.15, 0.2) is 0 Å². The van der Waals surface area contributed by atoms with Gasteiger partial charge in [-0.15, -0.1) is 11.3 Å². The van der Waals surface area contributed by atoms with E-state index >= 15 is 0 Å². The Morgan fingerprint density at radius 1 is 1.45 bits per heavy atom. The van der Waals surface area contributed by atoms with Crippen molar-refractivity contribution in [2.45, 2.75) is 39.6 Å². The molecule has 0 fully saturated rings. The number of nitrogens with zero attached hydrogens (tertiary/aromatic N) is 4. The average molecular weight is 292 g/mol. The Balaban J connectivity index is 1.77. The van der Waals surface area contributed by atoms with Gasteiger partial charge < -0.3 is 9.30 Å². The van der Waals surface area contributed by atoms with Crippen LogP contribution in [-0.4, -0.2) is 33.1 Å². The molecule has 1 aliphatic rings. The van der Waals surface area contributed by atoms with Gasteiger partial charge in [-0.05, 0) is 13.8 Å². The van der Waals surface area contributed by atoms with E-state index in [1.54, 1.807) is 18.4 Å². The molecule has 5 nitrogen and oxygen atoms in total. The highest BCUT2D eigenvalue weighted by atomic mass is 32.1. The van der Waals surface area contributed by atoms with Crippen LogP contribution in [0, 0.1) is 6.92 Å². The van der Waals surface area contributed by atoms with Crippen molar-refractivity contribution in [1.29, 1.82) is 0 Å². The zero-order valence-electron chi connectivity index (χ0n) is 12.2. The topological polar surface area (TPSA) is 43.2 Å². The maximum absolute atomic E-state index is 5.23. The fourth-order valence-corrected chi connectivity index (χ4v) is 3.38. The number of ether oxygens (including phenoxy) is 1. The minimum Gasteiger partial charge on any atom is -0.378 e. The molecule has 0 radical (unpaired) electrons. The van der Waals surface area contributed by atoms with E-state index in [1.165, 1.54) is 5.69 Å². The quantitative estimate of drug-likeness (QED) is 0.868. The first kappa shape index (κ1) is 13.7. The first-order chi connectivity index (χ1) is 9.69. The largest absolute Gasteiger partial charge is 0.378 e. The van der Waals surface area contributed by atoms with Gasteiger partial charge in [-0.25, -0.2) is 9.97 Å². The molecule has 0 saturated heterocycles. The van der Waals surface area contributed by atoms with E-state index in [1.807, 2.05) is 6.20 Å². The van der Waals surface area contributed by atoms with E-state index < -0.39 is 0 Å². The van der Waals surface area contributed by atoms with Gasteiger partial charge >= 0.3 is 0 Å². The normalized spacial score (nSPS) is 19.2. The van der Waals surface area contributed by atoms with Crippen LogP contribution in [0.4, 0.5) is 0 Å². The van der Waals surface area contributed by atoms with Crippen LogP contribution >= 0.6 is 11.3 Å². The van der Waals surface area contributed by atoms with Crippen molar-refractivity contribution in [1.82, 2.24) is 19.4 Å². The molecule has 6 heteroatoms. The molecular weight excluding hydrogens is 272 g/mol. The van der Waals surface area contributed by atoms with Crippen LogP contribution in [0.2, 0.25) is 0 Å². The summed E-state index contributed by atoms with van der Waals surface area (Å²) in [6.45, 7) is 7.80. The number of aryl methyl sites for hydroxylation is 1. The van der Waals surface area contributed by atoms with E-state index in [-0.39, 0.29) is 0 Å². The SMILES string of the molecule is COCc1cnc2n1CCN(Cc1csc(C)n1)C2C. The molecule has 0 bridgehead atoms. The van der Waals surface area contributed by atoms with Gasteiger partial charge in [-0.3, -0.25) is 4.90 Å². The molecule has 0 spiro atoms. The summed E-state index contributed by atoms with van der Waals surface area (Å²) in [4.78, 5) is 11.6. The average Bonchev–Trinajstić information content (AvgIpc) is 3.01. The molecule has 1 atom stereocenters. The summed E-state index contributed by atoms with van der Waals surface area (Å²) in [6, 6.07) is 0.316. The van der Waals surface area contributed by atoms with Crippen LogP contribution in [0.5, 0.6) is 0 Å². The molecule has 2 aromatic rings. The summed E-state index contributed by atoms with van der Waals surface area (Å²) >= 11 is 1.72. The van der Waals surface area contributed by atoms with Crippen molar-refractivity contribution in [2.75, 3.05) is 13.7 Å². The van der Waals surface area contributed by atoms with Crippen LogP contribution in [-0.2, 0) is 24.4 Å². The molecule has 2 aromatic heterocycles. The summed E-state index contributed by atoms with van der Waals surface area (Å²) in [5, 5.41) is 3.29. The summed E-state index contributed by atoms with van der Waals surface area (Å²) < 4.78 is 7.52. The number of rotatable bonds is 4. The first-order valence-electron chi connectivity index (χ1n) is 6.87. The van der Waals surface area contributed by atoms with Crippen LogP contribution in [0.25, 0.3) is 0 Å². The van der Waals surface area contributed by atoms with Crippen molar-refractivity contribution >= 4 is 11.3 Å². The van der Waals surface area contributed by atoms with Gasteiger partial charge in [0.2, 0.25) is 0 Å².